The second-order valence-electron chi connectivity index (χ2n) is 8.71. The maximum absolute atomic E-state index is 5.96. The zero-order valence-corrected chi connectivity index (χ0v) is 19.9. The number of H-pyrrole nitrogens is 2. The van der Waals surface area contributed by atoms with E-state index in [0.29, 0.717) is 6.61 Å². The molecule has 1 aliphatic heterocycles. The van der Waals surface area contributed by atoms with Gasteiger partial charge in [-0.15, -0.1) is 11.3 Å². The summed E-state index contributed by atoms with van der Waals surface area (Å²) in [5.74, 6) is 0.772. The Labute approximate surface area is 201 Å². The zero-order chi connectivity index (χ0) is 22.9. The van der Waals surface area contributed by atoms with Gasteiger partial charge in [-0.3, -0.25) is 20.0 Å². The van der Waals surface area contributed by atoms with Crippen LogP contribution in [0.2, 0.25) is 0 Å². The van der Waals surface area contributed by atoms with Crippen LogP contribution in [-0.4, -0.2) is 56.3 Å². The fourth-order valence-corrected chi connectivity index (χ4v) is 5.41. The smallest absolute Gasteiger partial charge is 0.138 e. The Kier molecular flexibility index (Phi) is 5.60. The number of nitrogens with zero attached hydrogens (tertiary/aromatic N) is 4. The number of likely N-dealkylation sites (tertiary alicyclic amines) is 1. The van der Waals surface area contributed by atoms with Gasteiger partial charge < -0.3 is 9.72 Å². The molecule has 172 valence electrons. The average molecular weight is 471 g/mol. The number of ether oxygens (including phenoxy) is 1. The number of nitrogens with one attached hydrogen (secondary N) is 2. The summed E-state index contributed by atoms with van der Waals surface area (Å²) in [6.07, 6.45) is 9.97. The minimum absolute atomic E-state index is 0.673. The molecule has 0 saturated carbocycles. The number of hydrogen-bond donors (Lipinski definition) is 2. The number of pyridine rings is 2. The fourth-order valence-electron chi connectivity index (χ4n) is 4.52. The van der Waals surface area contributed by atoms with E-state index < -0.39 is 0 Å². The van der Waals surface area contributed by atoms with Gasteiger partial charge in [0.15, 0.2) is 0 Å². The summed E-state index contributed by atoms with van der Waals surface area (Å²) in [5.41, 5.74) is 5.79. The highest BCUT2D eigenvalue weighted by molar-refractivity contribution is 7.15. The molecule has 8 heteroatoms. The van der Waals surface area contributed by atoms with Crippen molar-refractivity contribution in [2.45, 2.75) is 19.8 Å². The number of aromatic nitrogens is 5. The van der Waals surface area contributed by atoms with Crippen molar-refractivity contribution in [1.82, 2.24) is 30.0 Å². The van der Waals surface area contributed by atoms with E-state index in [1.165, 1.54) is 35.7 Å². The lowest BCUT2D eigenvalue weighted by Gasteiger charge is -2.14. The highest BCUT2D eigenvalue weighted by Crippen LogP contribution is 2.35. The quantitative estimate of drug-likeness (QED) is 0.327. The van der Waals surface area contributed by atoms with Gasteiger partial charge in [0, 0.05) is 45.2 Å². The third kappa shape index (κ3) is 4.22. The lowest BCUT2D eigenvalue weighted by molar-refractivity contribution is 0.237. The van der Waals surface area contributed by atoms with E-state index >= 15 is 0 Å². The number of aromatic amines is 2. The highest BCUT2D eigenvalue weighted by Gasteiger charge is 2.14. The van der Waals surface area contributed by atoms with E-state index in [9.17, 15) is 0 Å². The summed E-state index contributed by atoms with van der Waals surface area (Å²) in [6, 6.07) is 10.5. The molecule has 0 amide bonds. The van der Waals surface area contributed by atoms with Gasteiger partial charge in [-0.05, 0) is 63.2 Å². The molecule has 5 aromatic heterocycles. The normalized spacial score (nSPS) is 14.3. The van der Waals surface area contributed by atoms with E-state index in [1.54, 1.807) is 17.5 Å². The first kappa shape index (κ1) is 21.1. The highest BCUT2D eigenvalue weighted by atomic mass is 32.1. The molecule has 0 atom stereocenters. The van der Waals surface area contributed by atoms with Crippen LogP contribution in [0.1, 0.15) is 17.7 Å². The number of aryl methyl sites for hydroxylation is 1. The summed E-state index contributed by atoms with van der Waals surface area (Å²) < 4.78 is 5.96. The van der Waals surface area contributed by atoms with Crippen molar-refractivity contribution in [3.05, 3.63) is 60.0 Å². The minimum Gasteiger partial charge on any atom is -0.491 e. The molecular weight excluding hydrogens is 444 g/mol. The molecule has 5 aromatic rings. The second kappa shape index (κ2) is 9.04. The Morgan fingerprint density at radius 1 is 1.00 bits per heavy atom. The average Bonchev–Trinajstić information content (AvgIpc) is 3.65. The van der Waals surface area contributed by atoms with Crippen molar-refractivity contribution in [2.24, 2.45) is 0 Å². The Morgan fingerprint density at radius 2 is 1.88 bits per heavy atom. The third-order valence-corrected chi connectivity index (χ3v) is 7.34. The molecule has 0 bridgehead atoms. The molecule has 0 unspecified atom stereocenters. The van der Waals surface area contributed by atoms with Crippen LogP contribution in [0.5, 0.6) is 5.75 Å². The van der Waals surface area contributed by atoms with Crippen LogP contribution in [0.25, 0.3) is 44.0 Å². The molecule has 6 rings (SSSR count). The summed E-state index contributed by atoms with van der Waals surface area (Å²) >= 11 is 1.78. The van der Waals surface area contributed by atoms with Gasteiger partial charge in [-0.1, -0.05) is 0 Å². The Hall–Kier alpha value is -3.49. The molecule has 0 aromatic carbocycles. The molecule has 6 heterocycles. The second-order valence-corrected chi connectivity index (χ2v) is 10.0. The Bertz CT molecular complexity index is 1430. The predicted molar refractivity (Wildman–Crippen MR) is 136 cm³/mol. The standard InChI is InChI=1S/C26H26N6OS/c1-17-4-5-26(34-17)21-15-28-16-25-20(21)11-23(29-25)24-12-22(30-31-24)18-10-19(14-27-13-18)33-9-8-32-6-2-3-7-32/h4-5,10-16,29H,2-3,6-9H2,1H3,(H,30,31). The Balaban J connectivity index is 1.23. The third-order valence-electron chi connectivity index (χ3n) is 6.30. The Morgan fingerprint density at radius 3 is 2.74 bits per heavy atom. The fraction of sp³-hybridized carbons (Fsp3) is 0.269. The first-order valence-electron chi connectivity index (χ1n) is 11.6. The van der Waals surface area contributed by atoms with Crippen LogP contribution in [0.4, 0.5) is 0 Å². The lowest BCUT2D eigenvalue weighted by atomic mass is 10.1. The predicted octanol–water partition coefficient (Wildman–Crippen LogP) is 5.53. The maximum atomic E-state index is 5.96. The molecule has 34 heavy (non-hydrogen) atoms. The van der Waals surface area contributed by atoms with Gasteiger partial charge in [0.05, 0.1) is 35.0 Å². The van der Waals surface area contributed by atoms with Gasteiger partial charge in [0.1, 0.15) is 12.4 Å². The molecular formula is C26H26N6OS. The van der Waals surface area contributed by atoms with Crippen molar-refractivity contribution < 1.29 is 4.74 Å². The number of rotatable bonds is 7. The molecule has 0 radical (unpaired) electrons. The lowest BCUT2D eigenvalue weighted by Crippen LogP contribution is -2.25. The van der Waals surface area contributed by atoms with Crippen LogP contribution < -0.4 is 4.74 Å². The first-order chi connectivity index (χ1) is 16.7. The summed E-state index contributed by atoms with van der Waals surface area (Å²) in [6.45, 7) is 6.11. The number of hydrogen-bond acceptors (Lipinski definition) is 6. The van der Waals surface area contributed by atoms with Crippen LogP contribution in [0, 0.1) is 6.92 Å². The summed E-state index contributed by atoms with van der Waals surface area (Å²) in [7, 11) is 0. The van der Waals surface area contributed by atoms with E-state index in [-0.39, 0.29) is 0 Å². The molecule has 1 saturated heterocycles. The van der Waals surface area contributed by atoms with Gasteiger partial charge in [-0.2, -0.15) is 5.10 Å². The maximum Gasteiger partial charge on any atom is 0.138 e. The van der Waals surface area contributed by atoms with Crippen molar-refractivity contribution in [1.29, 1.82) is 0 Å². The van der Waals surface area contributed by atoms with Gasteiger partial charge in [0.2, 0.25) is 0 Å². The largest absolute Gasteiger partial charge is 0.491 e. The van der Waals surface area contributed by atoms with E-state index in [1.807, 2.05) is 30.7 Å². The SMILES string of the molecule is Cc1ccc(-c2cncc3[nH]c(-c4cc(-c5cncc(OCCN6CCCC6)c5)n[nH]4)cc23)s1. The monoisotopic (exact) mass is 470 g/mol. The summed E-state index contributed by atoms with van der Waals surface area (Å²) in [5, 5.41) is 8.86. The van der Waals surface area contributed by atoms with Crippen molar-refractivity contribution in [2.75, 3.05) is 26.2 Å². The molecule has 1 fully saturated rings. The van der Waals surface area contributed by atoms with Gasteiger partial charge >= 0.3 is 0 Å². The number of thiophene rings is 1. The number of fused-ring (bicyclic) bond motifs is 1. The molecule has 7 nitrogen and oxygen atoms in total. The minimum atomic E-state index is 0.673. The topological polar surface area (TPSA) is 82.7 Å². The van der Waals surface area contributed by atoms with Gasteiger partial charge in [0.25, 0.3) is 0 Å². The van der Waals surface area contributed by atoms with Crippen molar-refractivity contribution >= 4 is 22.2 Å². The summed E-state index contributed by atoms with van der Waals surface area (Å²) in [4.78, 5) is 17.2. The molecule has 2 N–H and O–H groups in total. The molecule has 0 spiro atoms. The van der Waals surface area contributed by atoms with Crippen LogP contribution >= 0.6 is 11.3 Å². The van der Waals surface area contributed by atoms with Crippen LogP contribution in [0.15, 0.2) is 55.1 Å². The molecule has 1 aliphatic rings. The van der Waals surface area contributed by atoms with Gasteiger partial charge in [-0.25, -0.2) is 0 Å². The van der Waals surface area contributed by atoms with E-state index in [4.69, 9.17) is 4.74 Å². The van der Waals surface area contributed by atoms with Crippen molar-refractivity contribution in [3.63, 3.8) is 0 Å². The first-order valence-corrected chi connectivity index (χ1v) is 12.4. The van der Waals surface area contributed by atoms with Crippen LogP contribution in [-0.2, 0) is 0 Å². The zero-order valence-electron chi connectivity index (χ0n) is 19.0. The molecule has 0 aliphatic carbocycles. The van der Waals surface area contributed by atoms with E-state index in [0.717, 1.165) is 51.4 Å². The van der Waals surface area contributed by atoms with Crippen LogP contribution in [0.3, 0.4) is 0 Å². The van der Waals surface area contributed by atoms with E-state index in [2.05, 4.69) is 55.2 Å². The van der Waals surface area contributed by atoms with Crippen molar-refractivity contribution in [3.8, 4) is 38.8 Å².